The van der Waals surface area contributed by atoms with Crippen molar-refractivity contribution in [3.63, 3.8) is 0 Å². The second-order valence-electron chi connectivity index (χ2n) is 5.45. The summed E-state index contributed by atoms with van der Waals surface area (Å²) in [5.41, 5.74) is 5.77. The van der Waals surface area contributed by atoms with Gasteiger partial charge in [-0.1, -0.05) is 24.3 Å². The predicted molar refractivity (Wildman–Crippen MR) is 69.1 cm³/mol. The Morgan fingerprint density at radius 3 is 3.11 bits per heavy atom. The number of fused-ring (bicyclic) bond motifs is 2. The van der Waals surface area contributed by atoms with Crippen molar-refractivity contribution in [2.45, 2.75) is 25.7 Å². The Kier molecular flexibility index (Phi) is 2.00. The number of hydrogen-bond acceptors (Lipinski definition) is 2. The molecule has 3 aliphatic rings. The smallest absolute Gasteiger partial charge is 0.310 e. The highest BCUT2D eigenvalue weighted by Gasteiger charge is 2.58. The van der Waals surface area contributed by atoms with Crippen molar-refractivity contribution in [3.8, 4) is 0 Å². The van der Waals surface area contributed by atoms with Crippen molar-refractivity contribution in [1.29, 1.82) is 0 Å². The third-order valence-corrected chi connectivity index (χ3v) is 4.55. The summed E-state index contributed by atoms with van der Waals surface area (Å²) in [6.45, 7) is 2.36. The van der Waals surface area contributed by atoms with Gasteiger partial charge in [-0.05, 0) is 47.9 Å². The molecular formula is C16H16O2. The topological polar surface area (TPSA) is 26.3 Å². The number of rotatable bonds is 2. The Bertz CT molecular complexity index is 570. The molecule has 1 aromatic rings. The number of aryl methyl sites for hydroxylation is 1. The molecule has 2 heteroatoms. The molecule has 1 saturated carbocycles. The zero-order valence-corrected chi connectivity index (χ0v) is 10.5. The van der Waals surface area contributed by atoms with Crippen LogP contribution in [-0.2, 0) is 16.0 Å². The largest absolute Gasteiger partial charge is 0.466 e. The van der Waals surface area contributed by atoms with E-state index in [0.29, 0.717) is 18.4 Å². The van der Waals surface area contributed by atoms with Gasteiger partial charge in [-0.15, -0.1) is 0 Å². The highest BCUT2D eigenvalue weighted by atomic mass is 16.5. The summed E-state index contributed by atoms with van der Waals surface area (Å²) in [7, 11) is 0. The van der Waals surface area contributed by atoms with E-state index in [9.17, 15) is 4.79 Å². The van der Waals surface area contributed by atoms with Crippen LogP contribution in [0.4, 0.5) is 0 Å². The van der Waals surface area contributed by atoms with Crippen LogP contribution in [0.25, 0.3) is 5.57 Å². The third kappa shape index (κ3) is 1.21. The minimum Gasteiger partial charge on any atom is -0.466 e. The summed E-state index contributed by atoms with van der Waals surface area (Å²) in [4.78, 5) is 11.9. The summed E-state index contributed by atoms with van der Waals surface area (Å²) in [5, 5.41) is 0. The number of allylic oxidation sites excluding steroid dienone is 2. The lowest BCUT2D eigenvalue weighted by Crippen LogP contribution is -2.08. The lowest BCUT2D eigenvalue weighted by atomic mass is 9.91. The van der Waals surface area contributed by atoms with Crippen LogP contribution < -0.4 is 0 Å². The maximum absolute atomic E-state index is 11.9. The normalized spacial score (nSPS) is 30.3. The van der Waals surface area contributed by atoms with Crippen LogP contribution in [0.15, 0.2) is 24.3 Å². The molecule has 1 fully saturated rings. The highest BCUT2D eigenvalue weighted by molar-refractivity contribution is 5.86. The van der Waals surface area contributed by atoms with E-state index in [4.69, 9.17) is 4.74 Å². The number of carbonyl (C=O) groups is 1. The first-order valence-corrected chi connectivity index (χ1v) is 6.80. The van der Waals surface area contributed by atoms with Crippen LogP contribution in [0.2, 0.25) is 0 Å². The van der Waals surface area contributed by atoms with E-state index in [1.165, 1.54) is 28.7 Å². The monoisotopic (exact) mass is 240 g/mol. The molecule has 0 N–H and O–H groups in total. The molecule has 1 aromatic carbocycles. The Labute approximate surface area is 107 Å². The molecule has 18 heavy (non-hydrogen) atoms. The van der Waals surface area contributed by atoms with Gasteiger partial charge >= 0.3 is 5.97 Å². The fourth-order valence-corrected chi connectivity index (χ4v) is 3.78. The van der Waals surface area contributed by atoms with E-state index < -0.39 is 0 Å². The Hall–Kier alpha value is -1.57. The molecule has 92 valence electrons. The van der Waals surface area contributed by atoms with Gasteiger partial charge in [0.1, 0.15) is 0 Å². The predicted octanol–water partition coefficient (Wildman–Crippen LogP) is 2.92. The van der Waals surface area contributed by atoms with E-state index in [-0.39, 0.29) is 11.9 Å². The molecule has 0 bridgehead atoms. The second kappa shape index (κ2) is 3.47. The Balaban J connectivity index is 1.76. The van der Waals surface area contributed by atoms with Gasteiger partial charge in [-0.3, -0.25) is 4.79 Å². The van der Waals surface area contributed by atoms with Gasteiger partial charge in [0.2, 0.25) is 0 Å². The standard InChI is InChI=1S/C16H16O2/c1-2-18-16(17)15-12-8-10-7-6-9-4-3-5-11(13(9)10)14(12)15/h3-5,8,12,14-15H,2,6-7H2,1H3. The molecule has 3 atom stereocenters. The minimum absolute atomic E-state index is 0.0121. The van der Waals surface area contributed by atoms with E-state index in [2.05, 4.69) is 24.3 Å². The van der Waals surface area contributed by atoms with Crippen molar-refractivity contribution >= 4 is 11.5 Å². The van der Waals surface area contributed by atoms with Crippen LogP contribution in [0.5, 0.6) is 0 Å². The van der Waals surface area contributed by atoms with Crippen molar-refractivity contribution < 1.29 is 9.53 Å². The number of esters is 1. The van der Waals surface area contributed by atoms with Gasteiger partial charge in [0, 0.05) is 5.92 Å². The average Bonchev–Trinajstić information content (AvgIpc) is 2.96. The molecule has 0 aromatic heterocycles. The summed E-state index contributed by atoms with van der Waals surface area (Å²) in [6, 6.07) is 6.57. The van der Waals surface area contributed by atoms with Crippen molar-refractivity contribution in [2.75, 3.05) is 6.61 Å². The lowest BCUT2D eigenvalue weighted by Gasteiger charge is -2.13. The van der Waals surface area contributed by atoms with Gasteiger partial charge in [-0.25, -0.2) is 0 Å². The molecule has 0 aliphatic heterocycles. The molecule has 2 nitrogen and oxygen atoms in total. The van der Waals surface area contributed by atoms with Gasteiger partial charge in [-0.2, -0.15) is 0 Å². The Morgan fingerprint density at radius 1 is 1.39 bits per heavy atom. The number of benzene rings is 1. The zero-order chi connectivity index (χ0) is 12.3. The van der Waals surface area contributed by atoms with E-state index in [1.807, 2.05) is 6.92 Å². The van der Waals surface area contributed by atoms with Crippen molar-refractivity contribution in [1.82, 2.24) is 0 Å². The summed E-state index contributed by atoms with van der Waals surface area (Å²) in [6.07, 6.45) is 4.65. The molecule has 0 spiro atoms. The molecule has 3 unspecified atom stereocenters. The summed E-state index contributed by atoms with van der Waals surface area (Å²) < 4.78 is 5.19. The first-order valence-electron chi connectivity index (χ1n) is 6.80. The lowest BCUT2D eigenvalue weighted by molar-refractivity contribution is -0.145. The fraction of sp³-hybridized carbons (Fsp3) is 0.438. The van der Waals surface area contributed by atoms with Crippen molar-refractivity contribution in [3.05, 3.63) is 41.0 Å². The van der Waals surface area contributed by atoms with Crippen molar-refractivity contribution in [2.24, 2.45) is 11.8 Å². The summed E-state index contributed by atoms with van der Waals surface area (Å²) >= 11 is 0. The van der Waals surface area contributed by atoms with E-state index in [1.54, 1.807) is 0 Å². The van der Waals surface area contributed by atoms with Gasteiger partial charge in [0.05, 0.1) is 12.5 Å². The molecule has 4 rings (SSSR count). The second-order valence-corrected chi connectivity index (χ2v) is 5.45. The van der Waals surface area contributed by atoms with Crippen LogP contribution in [0.1, 0.15) is 36.0 Å². The molecule has 0 saturated heterocycles. The maximum Gasteiger partial charge on any atom is 0.310 e. The quantitative estimate of drug-likeness (QED) is 0.743. The highest BCUT2D eigenvalue weighted by Crippen LogP contribution is 2.62. The zero-order valence-electron chi connectivity index (χ0n) is 10.5. The average molecular weight is 240 g/mol. The SMILES string of the molecule is CCOC(=O)C1C2C=C3CCc4cccc(c43)C21. The molecular weight excluding hydrogens is 224 g/mol. The van der Waals surface area contributed by atoms with Gasteiger partial charge in [0.15, 0.2) is 0 Å². The number of hydrogen-bond donors (Lipinski definition) is 0. The van der Waals surface area contributed by atoms with Crippen LogP contribution in [0, 0.1) is 11.8 Å². The van der Waals surface area contributed by atoms with Gasteiger partial charge < -0.3 is 4.74 Å². The maximum atomic E-state index is 11.9. The first-order chi connectivity index (χ1) is 8.81. The summed E-state index contributed by atoms with van der Waals surface area (Å²) in [5.74, 6) is 0.859. The molecule has 3 aliphatic carbocycles. The number of carbonyl (C=O) groups excluding carboxylic acids is 1. The minimum atomic E-state index is -0.0121. The number of ether oxygens (including phenoxy) is 1. The van der Waals surface area contributed by atoms with Crippen LogP contribution in [0.3, 0.4) is 0 Å². The fourth-order valence-electron chi connectivity index (χ4n) is 3.78. The Morgan fingerprint density at radius 2 is 2.28 bits per heavy atom. The van der Waals surface area contributed by atoms with E-state index in [0.717, 1.165) is 6.42 Å². The molecule has 0 amide bonds. The third-order valence-electron chi connectivity index (χ3n) is 4.55. The first kappa shape index (κ1) is 10.4. The molecule has 0 radical (unpaired) electrons. The van der Waals surface area contributed by atoms with Crippen LogP contribution >= 0.6 is 0 Å². The van der Waals surface area contributed by atoms with E-state index >= 15 is 0 Å². The molecule has 0 heterocycles. The van der Waals surface area contributed by atoms with Gasteiger partial charge in [0.25, 0.3) is 0 Å². The van der Waals surface area contributed by atoms with Crippen LogP contribution in [-0.4, -0.2) is 12.6 Å².